The maximum absolute atomic E-state index is 12.3. The number of nitrogens with two attached hydrogens (primary N) is 1. The lowest BCUT2D eigenvalue weighted by molar-refractivity contribution is -0.121. The van der Waals surface area contributed by atoms with Crippen LogP contribution in [0.1, 0.15) is 74.2 Å². The van der Waals surface area contributed by atoms with Crippen LogP contribution in [0.15, 0.2) is 24.3 Å². The second kappa shape index (κ2) is 9.87. The van der Waals surface area contributed by atoms with Gasteiger partial charge in [-0.2, -0.15) is 5.10 Å². The Morgan fingerprint density at radius 1 is 1.11 bits per heavy atom. The lowest BCUT2D eigenvalue weighted by atomic mass is 9.99. The van der Waals surface area contributed by atoms with Crippen molar-refractivity contribution in [2.24, 2.45) is 11.7 Å². The maximum atomic E-state index is 12.3. The highest BCUT2D eigenvalue weighted by Gasteiger charge is 2.14. The van der Waals surface area contributed by atoms with Crippen LogP contribution in [0.3, 0.4) is 0 Å². The zero-order chi connectivity index (χ0) is 20.8. The van der Waals surface area contributed by atoms with Crippen molar-refractivity contribution < 1.29 is 4.79 Å². The molecule has 0 aliphatic carbocycles. The molecular formula is C23H36N4O. The molecular weight excluding hydrogens is 348 g/mol. The molecule has 2 aromatic rings. The minimum atomic E-state index is -0.192. The van der Waals surface area contributed by atoms with E-state index >= 15 is 0 Å². The highest BCUT2D eigenvalue weighted by molar-refractivity contribution is 5.76. The summed E-state index contributed by atoms with van der Waals surface area (Å²) >= 11 is 0. The fourth-order valence-corrected chi connectivity index (χ4v) is 3.42. The second-order valence-corrected chi connectivity index (χ2v) is 8.46. The van der Waals surface area contributed by atoms with Crippen LogP contribution in [0, 0.1) is 19.8 Å². The number of carbonyl (C=O) groups is 1. The fraction of sp³-hybridized carbons (Fsp3) is 0.565. The average Bonchev–Trinajstić information content (AvgIpc) is 2.90. The normalized spacial score (nSPS) is 12.6. The predicted molar refractivity (Wildman–Crippen MR) is 115 cm³/mol. The van der Waals surface area contributed by atoms with Crippen molar-refractivity contribution in [2.45, 2.75) is 72.9 Å². The van der Waals surface area contributed by atoms with Gasteiger partial charge in [-0.25, -0.2) is 0 Å². The third-order valence-electron chi connectivity index (χ3n) is 5.22. The van der Waals surface area contributed by atoms with E-state index in [1.807, 2.05) is 6.92 Å². The van der Waals surface area contributed by atoms with Crippen molar-refractivity contribution in [3.05, 3.63) is 52.3 Å². The lowest BCUT2D eigenvalue weighted by Gasteiger charge is -2.15. The molecule has 0 saturated carbocycles. The highest BCUT2D eigenvalue weighted by Crippen LogP contribution is 2.18. The first kappa shape index (κ1) is 22.2. The van der Waals surface area contributed by atoms with E-state index in [0.717, 1.165) is 17.8 Å². The van der Waals surface area contributed by atoms with E-state index in [0.29, 0.717) is 31.2 Å². The Hall–Kier alpha value is -2.14. The summed E-state index contributed by atoms with van der Waals surface area (Å²) in [6, 6.07) is 8.15. The molecule has 5 nitrogen and oxygen atoms in total. The Morgan fingerprint density at radius 3 is 2.29 bits per heavy atom. The quantitative estimate of drug-likeness (QED) is 0.685. The van der Waals surface area contributed by atoms with Gasteiger partial charge in [0, 0.05) is 31.2 Å². The summed E-state index contributed by atoms with van der Waals surface area (Å²) in [5, 5.41) is 7.60. The fourth-order valence-electron chi connectivity index (χ4n) is 3.42. The molecule has 28 heavy (non-hydrogen) atoms. The highest BCUT2D eigenvalue weighted by atomic mass is 16.1. The van der Waals surface area contributed by atoms with Crippen LogP contribution < -0.4 is 11.1 Å². The Morgan fingerprint density at radius 2 is 1.71 bits per heavy atom. The van der Waals surface area contributed by atoms with Gasteiger partial charge in [0.05, 0.1) is 5.69 Å². The lowest BCUT2D eigenvalue weighted by Crippen LogP contribution is -2.32. The van der Waals surface area contributed by atoms with E-state index in [2.05, 4.69) is 74.0 Å². The van der Waals surface area contributed by atoms with Gasteiger partial charge in [-0.05, 0) is 48.8 Å². The molecule has 5 heteroatoms. The van der Waals surface area contributed by atoms with Crippen molar-refractivity contribution in [2.75, 3.05) is 6.54 Å². The molecule has 1 heterocycles. The molecule has 1 amide bonds. The Bertz CT molecular complexity index is 775. The second-order valence-electron chi connectivity index (χ2n) is 8.46. The van der Waals surface area contributed by atoms with Gasteiger partial charge in [0.1, 0.15) is 0 Å². The number of nitrogens with one attached hydrogen (secondary N) is 1. The van der Waals surface area contributed by atoms with E-state index in [9.17, 15) is 4.79 Å². The molecule has 0 aliphatic heterocycles. The van der Waals surface area contributed by atoms with Gasteiger partial charge in [-0.1, -0.05) is 52.0 Å². The Balaban J connectivity index is 1.85. The molecule has 3 N–H and O–H groups in total. The topological polar surface area (TPSA) is 72.9 Å². The van der Waals surface area contributed by atoms with Gasteiger partial charge in [0.2, 0.25) is 5.91 Å². The molecule has 1 aromatic carbocycles. The number of nitrogens with zero attached hydrogens (tertiary/aromatic N) is 2. The Kier molecular flexibility index (Phi) is 7.81. The SMILES string of the molecule is Cc1nn(CC(C)C)c(C)c1CCC(=O)NCC(N)c1ccc(C(C)C)cc1. The molecule has 0 aliphatic rings. The number of aryl methyl sites for hydroxylation is 1. The molecule has 0 radical (unpaired) electrons. The van der Waals surface area contributed by atoms with Gasteiger partial charge < -0.3 is 11.1 Å². The van der Waals surface area contributed by atoms with Crippen LogP contribution in [0.4, 0.5) is 0 Å². The molecule has 0 spiro atoms. The molecule has 1 atom stereocenters. The van der Waals surface area contributed by atoms with Crippen molar-refractivity contribution in [1.82, 2.24) is 15.1 Å². The van der Waals surface area contributed by atoms with Crippen LogP contribution in [-0.2, 0) is 17.8 Å². The first-order valence-electron chi connectivity index (χ1n) is 10.3. The van der Waals surface area contributed by atoms with Crippen LogP contribution >= 0.6 is 0 Å². The van der Waals surface area contributed by atoms with Crippen molar-refractivity contribution >= 4 is 5.91 Å². The van der Waals surface area contributed by atoms with Crippen LogP contribution in [0.2, 0.25) is 0 Å². The average molecular weight is 385 g/mol. The van der Waals surface area contributed by atoms with E-state index in [1.165, 1.54) is 16.8 Å². The standard InChI is InChI=1S/C23H36N4O/c1-15(2)14-27-18(6)21(17(5)26-27)11-12-23(28)25-13-22(24)20-9-7-19(8-10-20)16(3)4/h7-10,15-16,22H,11-14,24H2,1-6H3,(H,25,28). The third-order valence-corrected chi connectivity index (χ3v) is 5.22. The van der Waals surface area contributed by atoms with E-state index in [4.69, 9.17) is 5.73 Å². The van der Waals surface area contributed by atoms with Crippen molar-refractivity contribution in [3.8, 4) is 0 Å². The number of hydrogen-bond donors (Lipinski definition) is 2. The largest absolute Gasteiger partial charge is 0.354 e. The first-order chi connectivity index (χ1) is 13.2. The predicted octanol–water partition coefficient (Wildman–Crippen LogP) is 4.03. The monoisotopic (exact) mass is 384 g/mol. The van der Waals surface area contributed by atoms with Crippen molar-refractivity contribution in [3.63, 3.8) is 0 Å². The van der Waals surface area contributed by atoms with E-state index in [1.54, 1.807) is 0 Å². The van der Waals surface area contributed by atoms with Crippen LogP contribution in [-0.4, -0.2) is 22.2 Å². The zero-order valence-corrected chi connectivity index (χ0v) is 18.2. The van der Waals surface area contributed by atoms with Gasteiger partial charge in [0.25, 0.3) is 0 Å². The van der Waals surface area contributed by atoms with E-state index < -0.39 is 0 Å². The number of rotatable bonds is 9. The minimum absolute atomic E-state index is 0.0321. The summed E-state index contributed by atoms with van der Waals surface area (Å²) in [7, 11) is 0. The van der Waals surface area contributed by atoms with Gasteiger partial charge in [0.15, 0.2) is 0 Å². The van der Waals surface area contributed by atoms with Crippen LogP contribution in [0.5, 0.6) is 0 Å². The summed E-state index contributed by atoms with van der Waals surface area (Å²) in [5.41, 5.74) is 12.0. The zero-order valence-electron chi connectivity index (χ0n) is 18.2. The molecule has 0 fully saturated rings. The third kappa shape index (κ3) is 5.93. The van der Waals surface area contributed by atoms with Crippen LogP contribution in [0.25, 0.3) is 0 Å². The molecule has 1 unspecified atom stereocenters. The van der Waals surface area contributed by atoms with Gasteiger partial charge in [-0.3, -0.25) is 9.48 Å². The maximum Gasteiger partial charge on any atom is 0.220 e. The Labute approximate surface area is 169 Å². The van der Waals surface area contributed by atoms with Gasteiger partial charge >= 0.3 is 0 Å². The summed E-state index contributed by atoms with van der Waals surface area (Å²) in [6.07, 6.45) is 1.16. The number of carbonyl (C=O) groups excluding carboxylic acids is 1. The van der Waals surface area contributed by atoms with Gasteiger partial charge in [-0.15, -0.1) is 0 Å². The molecule has 0 saturated heterocycles. The smallest absolute Gasteiger partial charge is 0.220 e. The minimum Gasteiger partial charge on any atom is -0.354 e. The number of benzene rings is 1. The summed E-state index contributed by atoms with van der Waals surface area (Å²) in [6.45, 7) is 14.2. The summed E-state index contributed by atoms with van der Waals surface area (Å²) in [5.74, 6) is 1.08. The molecule has 0 bridgehead atoms. The molecule has 1 aromatic heterocycles. The number of aromatic nitrogens is 2. The molecule has 2 rings (SSSR count). The number of amides is 1. The van der Waals surface area contributed by atoms with E-state index in [-0.39, 0.29) is 11.9 Å². The molecule has 154 valence electrons. The summed E-state index contributed by atoms with van der Waals surface area (Å²) in [4.78, 5) is 12.3. The van der Waals surface area contributed by atoms with Crippen molar-refractivity contribution in [1.29, 1.82) is 0 Å². The number of hydrogen-bond acceptors (Lipinski definition) is 3. The first-order valence-corrected chi connectivity index (χ1v) is 10.3. The summed E-state index contributed by atoms with van der Waals surface area (Å²) < 4.78 is 2.06.